The Morgan fingerprint density at radius 2 is 1.42 bits per heavy atom. The lowest BCUT2D eigenvalue weighted by Gasteiger charge is -2.35. The first-order valence-corrected chi connectivity index (χ1v) is 11.0. The number of amides is 2. The van der Waals surface area contributed by atoms with Crippen LogP contribution in [0, 0.1) is 0 Å². The van der Waals surface area contributed by atoms with Crippen LogP contribution in [0.1, 0.15) is 0 Å². The summed E-state index contributed by atoms with van der Waals surface area (Å²) in [6.45, 7) is 6.39. The average Bonchev–Trinajstić information content (AvgIpc) is 2.80. The average molecular weight is 442 g/mol. The molecule has 8 heteroatoms. The van der Waals surface area contributed by atoms with E-state index in [2.05, 4.69) is 27.1 Å². The fourth-order valence-electron chi connectivity index (χ4n) is 3.99. The second-order valence-electron chi connectivity index (χ2n) is 8.05. The molecule has 1 N–H and O–H groups in total. The van der Waals surface area contributed by atoms with E-state index >= 15 is 0 Å². The zero-order chi connectivity index (χ0) is 21.8. The summed E-state index contributed by atoms with van der Waals surface area (Å²) in [6.07, 6.45) is 0. The number of halogens is 1. The van der Waals surface area contributed by atoms with Gasteiger partial charge in [-0.2, -0.15) is 0 Å². The van der Waals surface area contributed by atoms with Crippen LogP contribution in [-0.4, -0.2) is 81.0 Å². The van der Waals surface area contributed by atoms with Crippen molar-refractivity contribution in [3.63, 3.8) is 0 Å². The second kappa shape index (κ2) is 9.58. The van der Waals surface area contributed by atoms with Gasteiger partial charge in [-0.3, -0.25) is 9.59 Å². The molecule has 2 aliphatic rings. The van der Waals surface area contributed by atoms with Crippen molar-refractivity contribution in [2.24, 2.45) is 0 Å². The van der Waals surface area contributed by atoms with Crippen LogP contribution < -0.4 is 15.1 Å². The quantitative estimate of drug-likeness (QED) is 0.741. The predicted octanol–water partition coefficient (Wildman–Crippen LogP) is 2.38. The van der Waals surface area contributed by atoms with Crippen LogP contribution in [0.15, 0.2) is 48.5 Å². The Bertz CT molecular complexity index is 920. The molecule has 2 amide bonds. The monoisotopic (exact) mass is 441 g/mol. The minimum atomic E-state index is -0.594. The highest BCUT2D eigenvalue weighted by molar-refractivity contribution is 6.39. The third kappa shape index (κ3) is 5.29. The first-order valence-electron chi connectivity index (χ1n) is 10.6. The molecule has 4 rings (SSSR count). The number of piperazine rings is 2. The van der Waals surface area contributed by atoms with E-state index in [0.717, 1.165) is 37.6 Å². The molecule has 0 spiro atoms. The fourth-order valence-corrected chi connectivity index (χ4v) is 4.17. The van der Waals surface area contributed by atoms with E-state index in [1.165, 1.54) is 0 Å². The SMILES string of the molecule is CN1CCN(c2ccc(NC(=O)C(=O)N3CCN(c4cccc(Cl)c4)CC3)cc2)CC1. The van der Waals surface area contributed by atoms with Crippen LogP contribution in [0.3, 0.4) is 0 Å². The number of carbonyl (C=O) groups is 2. The molecule has 0 bridgehead atoms. The van der Waals surface area contributed by atoms with Gasteiger partial charge in [0.2, 0.25) is 0 Å². The largest absolute Gasteiger partial charge is 0.369 e. The maximum absolute atomic E-state index is 12.6. The Morgan fingerprint density at radius 3 is 2.06 bits per heavy atom. The summed E-state index contributed by atoms with van der Waals surface area (Å²) >= 11 is 6.07. The molecule has 0 atom stereocenters. The molecule has 0 aromatic heterocycles. The molecule has 2 aromatic carbocycles. The summed E-state index contributed by atoms with van der Waals surface area (Å²) in [7, 11) is 2.13. The molecule has 0 saturated carbocycles. The van der Waals surface area contributed by atoms with Gasteiger partial charge in [-0.05, 0) is 49.5 Å². The number of carbonyl (C=O) groups excluding carboxylic acids is 2. The first-order chi connectivity index (χ1) is 15.0. The summed E-state index contributed by atoms with van der Waals surface area (Å²) < 4.78 is 0. The van der Waals surface area contributed by atoms with Crippen molar-refractivity contribution in [1.29, 1.82) is 0 Å². The molecule has 2 fully saturated rings. The highest BCUT2D eigenvalue weighted by atomic mass is 35.5. The molecule has 2 aliphatic heterocycles. The van der Waals surface area contributed by atoms with Crippen molar-refractivity contribution in [2.75, 3.05) is 74.5 Å². The minimum Gasteiger partial charge on any atom is -0.369 e. The van der Waals surface area contributed by atoms with Gasteiger partial charge in [0.25, 0.3) is 0 Å². The van der Waals surface area contributed by atoms with Gasteiger partial charge in [-0.1, -0.05) is 17.7 Å². The van der Waals surface area contributed by atoms with Crippen molar-refractivity contribution in [3.05, 3.63) is 53.6 Å². The van der Waals surface area contributed by atoms with Gasteiger partial charge in [0, 0.05) is 74.4 Å². The van der Waals surface area contributed by atoms with Gasteiger partial charge >= 0.3 is 11.8 Å². The van der Waals surface area contributed by atoms with Gasteiger partial charge in [-0.25, -0.2) is 0 Å². The summed E-state index contributed by atoms with van der Waals surface area (Å²) in [5.74, 6) is -1.09. The molecule has 2 aromatic rings. The van der Waals surface area contributed by atoms with E-state index in [9.17, 15) is 9.59 Å². The molecule has 0 radical (unpaired) electrons. The zero-order valence-corrected chi connectivity index (χ0v) is 18.5. The maximum atomic E-state index is 12.6. The molecule has 2 heterocycles. The van der Waals surface area contributed by atoms with E-state index in [1.807, 2.05) is 48.5 Å². The summed E-state index contributed by atoms with van der Waals surface area (Å²) in [5.41, 5.74) is 2.80. The van der Waals surface area contributed by atoms with E-state index in [4.69, 9.17) is 11.6 Å². The molecule has 7 nitrogen and oxygen atoms in total. The Balaban J connectivity index is 1.28. The topological polar surface area (TPSA) is 59.1 Å². The molecule has 2 saturated heterocycles. The third-order valence-corrected chi connectivity index (χ3v) is 6.16. The lowest BCUT2D eigenvalue weighted by atomic mass is 10.2. The van der Waals surface area contributed by atoms with Crippen LogP contribution in [0.4, 0.5) is 17.1 Å². The van der Waals surface area contributed by atoms with E-state index in [-0.39, 0.29) is 0 Å². The van der Waals surface area contributed by atoms with Crippen molar-refractivity contribution in [3.8, 4) is 0 Å². The predicted molar refractivity (Wildman–Crippen MR) is 125 cm³/mol. The number of anilines is 3. The number of rotatable bonds is 3. The van der Waals surface area contributed by atoms with Crippen LogP contribution >= 0.6 is 11.6 Å². The van der Waals surface area contributed by atoms with Gasteiger partial charge < -0.3 is 24.9 Å². The van der Waals surface area contributed by atoms with Crippen LogP contribution in [0.2, 0.25) is 5.02 Å². The number of likely N-dealkylation sites (N-methyl/N-ethyl adjacent to an activating group) is 1. The summed E-state index contributed by atoms with van der Waals surface area (Å²) in [4.78, 5) is 33.5. The van der Waals surface area contributed by atoms with Crippen LogP contribution in [0.25, 0.3) is 0 Å². The highest BCUT2D eigenvalue weighted by Crippen LogP contribution is 2.22. The molecule has 0 aliphatic carbocycles. The van der Waals surface area contributed by atoms with Gasteiger partial charge in [0.15, 0.2) is 0 Å². The lowest BCUT2D eigenvalue weighted by molar-refractivity contribution is -0.143. The van der Waals surface area contributed by atoms with Crippen molar-refractivity contribution < 1.29 is 9.59 Å². The standard InChI is InChI=1S/C23H28ClN5O2/c1-26-9-11-27(12-10-26)20-7-5-19(6-8-20)25-22(30)23(31)29-15-13-28(14-16-29)21-4-2-3-18(24)17-21/h2-8,17H,9-16H2,1H3,(H,25,30). The van der Waals surface area contributed by atoms with Gasteiger partial charge in [0.05, 0.1) is 0 Å². The summed E-state index contributed by atoms with van der Waals surface area (Å²) in [5, 5.41) is 3.43. The normalized spacial score (nSPS) is 17.5. The van der Waals surface area contributed by atoms with Crippen molar-refractivity contribution >= 4 is 40.5 Å². The van der Waals surface area contributed by atoms with E-state index in [1.54, 1.807) is 4.90 Å². The van der Waals surface area contributed by atoms with E-state index < -0.39 is 11.8 Å². The Morgan fingerprint density at radius 1 is 0.806 bits per heavy atom. The van der Waals surface area contributed by atoms with E-state index in [0.29, 0.717) is 36.9 Å². The Kier molecular flexibility index (Phi) is 6.63. The molecular weight excluding hydrogens is 414 g/mol. The van der Waals surface area contributed by atoms with Gasteiger partial charge in [0.1, 0.15) is 0 Å². The smallest absolute Gasteiger partial charge is 0.313 e. The molecular formula is C23H28ClN5O2. The maximum Gasteiger partial charge on any atom is 0.313 e. The number of benzene rings is 2. The van der Waals surface area contributed by atoms with Crippen molar-refractivity contribution in [2.45, 2.75) is 0 Å². The zero-order valence-electron chi connectivity index (χ0n) is 17.8. The fraction of sp³-hybridized carbons (Fsp3) is 0.391. The van der Waals surface area contributed by atoms with Gasteiger partial charge in [-0.15, -0.1) is 0 Å². The lowest BCUT2D eigenvalue weighted by Crippen LogP contribution is -2.51. The number of hydrogen-bond acceptors (Lipinski definition) is 5. The molecule has 0 unspecified atom stereocenters. The minimum absolute atomic E-state index is 0.492. The second-order valence-corrected chi connectivity index (χ2v) is 8.49. The third-order valence-electron chi connectivity index (χ3n) is 5.93. The molecule has 164 valence electrons. The summed E-state index contributed by atoms with van der Waals surface area (Å²) in [6, 6.07) is 15.4. The number of nitrogens with zero attached hydrogens (tertiary/aromatic N) is 4. The first kappa shape index (κ1) is 21.5. The van der Waals surface area contributed by atoms with Crippen LogP contribution in [0.5, 0.6) is 0 Å². The Labute approximate surface area is 188 Å². The Hall–Kier alpha value is -2.77. The highest BCUT2D eigenvalue weighted by Gasteiger charge is 2.26. The number of nitrogens with one attached hydrogen (secondary N) is 1. The van der Waals surface area contributed by atoms with Crippen LogP contribution in [-0.2, 0) is 9.59 Å². The number of hydrogen-bond donors (Lipinski definition) is 1. The van der Waals surface area contributed by atoms with Crippen molar-refractivity contribution in [1.82, 2.24) is 9.80 Å². The molecule has 31 heavy (non-hydrogen) atoms.